The third kappa shape index (κ3) is 4.13. The molecule has 0 bridgehead atoms. The number of nitrogens with zero attached hydrogens (tertiary/aromatic N) is 2. The van der Waals surface area contributed by atoms with E-state index in [4.69, 9.17) is 16.7 Å². The third-order valence-electron chi connectivity index (χ3n) is 1.85. The van der Waals surface area contributed by atoms with Crippen molar-refractivity contribution >= 4 is 29.2 Å². The van der Waals surface area contributed by atoms with Crippen LogP contribution in [0.3, 0.4) is 0 Å². The minimum Gasteiger partial charge on any atom is -0.393 e. The fraction of sp³-hybridized carbons (Fsp3) is 0.556. The van der Waals surface area contributed by atoms with E-state index in [1.165, 1.54) is 18.7 Å². The Hall–Kier alpha value is -0.560. The molecule has 5 nitrogen and oxygen atoms in total. The van der Waals surface area contributed by atoms with Crippen molar-refractivity contribution < 1.29 is 10.2 Å². The zero-order valence-electron chi connectivity index (χ0n) is 9.07. The fourth-order valence-corrected chi connectivity index (χ4v) is 1.53. The second kappa shape index (κ2) is 5.67. The highest BCUT2D eigenvalue weighted by Gasteiger charge is 2.18. The minimum atomic E-state index is -1.18. The summed E-state index contributed by atoms with van der Waals surface area (Å²) in [6.07, 6.45) is 1.85. The maximum atomic E-state index is 9.59. The number of aromatic nitrogens is 2. The van der Waals surface area contributed by atoms with E-state index in [1.54, 1.807) is 6.07 Å². The Labute approximate surface area is 103 Å². The molecule has 0 aromatic carbocycles. The molecular weight excluding hydrogens is 250 g/mol. The molecule has 0 spiro atoms. The van der Waals surface area contributed by atoms with Gasteiger partial charge in [0, 0.05) is 12.6 Å². The van der Waals surface area contributed by atoms with Crippen LogP contribution in [0.2, 0.25) is 5.15 Å². The molecule has 1 atom stereocenters. The largest absolute Gasteiger partial charge is 0.393 e. The van der Waals surface area contributed by atoms with Crippen LogP contribution in [0, 0.1) is 0 Å². The lowest BCUT2D eigenvalue weighted by atomic mass is 10.1. The van der Waals surface area contributed by atoms with E-state index in [0.29, 0.717) is 16.1 Å². The van der Waals surface area contributed by atoms with Crippen molar-refractivity contribution in [2.24, 2.45) is 0 Å². The first-order valence-corrected chi connectivity index (χ1v) is 6.23. The van der Waals surface area contributed by atoms with Crippen LogP contribution in [0.4, 0.5) is 5.82 Å². The van der Waals surface area contributed by atoms with Gasteiger partial charge in [0.05, 0.1) is 6.61 Å². The summed E-state index contributed by atoms with van der Waals surface area (Å²) < 4.78 is 0. The van der Waals surface area contributed by atoms with E-state index in [-0.39, 0.29) is 13.2 Å². The molecule has 3 N–H and O–H groups in total. The monoisotopic (exact) mass is 263 g/mol. The van der Waals surface area contributed by atoms with E-state index in [2.05, 4.69) is 15.3 Å². The van der Waals surface area contributed by atoms with Crippen molar-refractivity contribution in [1.29, 1.82) is 0 Å². The minimum absolute atomic E-state index is 0.185. The Morgan fingerprint density at radius 2 is 2.25 bits per heavy atom. The number of hydrogen-bond acceptors (Lipinski definition) is 6. The normalized spacial score (nSPS) is 14.6. The lowest BCUT2D eigenvalue weighted by Crippen LogP contribution is -2.37. The summed E-state index contributed by atoms with van der Waals surface area (Å²) in [6, 6.07) is 1.56. The molecule has 1 rings (SSSR count). The van der Waals surface area contributed by atoms with Crippen LogP contribution in [0.1, 0.15) is 6.92 Å². The van der Waals surface area contributed by atoms with Gasteiger partial charge in [-0.3, -0.25) is 0 Å². The van der Waals surface area contributed by atoms with Crippen molar-refractivity contribution in [3.05, 3.63) is 11.2 Å². The van der Waals surface area contributed by atoms with E-state index in [0.717, 1.165) is 0 Å². The Kier molecular flexibility index (Phi) is 4.79. The zero-order chi connectivity index (χ0) is 12.2. The van der Waals surface area contributed by atoms with Crippen LogP contribution >= 0.6 is 23.4 Å². The highest BCUT2D eigenvalue weighted by atomic mass is 35.5. The van der Waals surface area contributed by atoms with Gasteiger partial charge in [-0.1, -0.05) is 23.4 Å². The molecule has 0 saturated heterocycles. The molecule has 7 heteroatoms. The van der Waals surface area contributed by atoms with E-state index < -0.39 is 5.60 Å². The van der Waals surface area contributed by atoms with Crippen molar-refractivity contribution in [3.8, 4) is 0 Å². The third-order valence-corrected chi connectivity index (χ3v) is 2.59. The fourth-order valence-electron chi connectivity index (χ4n) is 0.916. The second-order valence-electron chi connectivity index (χ2n) is 3.57. The van der Waals surface area contributed by atoms with Crippen LogP contribution < -0.4 is 5.32 Å². The summed E-state index contributed by atoms with van der Waals surface area (Å²) in [7, 11) is 0. The first-order valence-electron chi connectivity index (χ1n) is 4.62. The number of hydrogen-bond donors (Lipinski definition) is 3. The van der Waals surface area contributed by atoms with Crippen molar-refractivity contribution in [2.75, 3.05) is 24.7 Å². The molecule has 16 heavy (non-hydrogen) atoms. The van der Waals surface area contributed by atoms with Crippen LogP contribution in [0.15, 0.2) is 11.2 Å². The highest BCUT2D eigenvalue weighted by Crippen LogP contribution is 2.17. The SMILES string of the molecule is CSc1nc(Cl)cc(NCC(C)(O)CO)n1. The highest BCUT2D eigenvalue weighted by molar-refractivity contribution is 7.98. The van der Waals surface area contributed by atoms with E-state index in [9.17, 15) is 5.11 Å². The van der Waals surface area contributed by atoms with Crippen LogP contribution in [0.25, 0.3) is 0 Å². The second-order valence-corrected chi connectivity index (χ2v) is 4.73. The summed E-state index contributed by atoms with van der Waals surface area (Å²) in [5.41, 5.74) is -1.18. The molecule has 0 saturated carbocycles. The van der Waals surface area contributed by atoms with E-state index >= 15 is 0 Å². The summed E-state index contributed by atoms with van der Waals surface area (Å²) in [5, 5.41) is 22.2. The Balaban J connectivity index is 2.70. The average Bonchev–Trinajstić information content (AvgIpc) is 2.26. The predicted octanol–water partition coefficient (Wildman–Crippen LogP) is 1.01. The number of aliphatic hydroxyl groups excluding tert-OH is 1. The molecule has 1 aromatic heterocycles. The molecule has 1 heterocycles. The molecule has 0 amide bonds. The molecule has 0 radical (unpaired) electrons. The van der Waals surface area contributed by atoms with Gasteiger partial charge in [0.2, 0.25) is 0 Å². The van der Waals surface area contributed by atoms with Crippen molar-refractivity contribution in [2.45, 2.75) is 17.7 Å². The first kappa shape index (κ1) is 13.5. The van der Waals surface area contributed by atoms with Crippen molar-refractivity contribution in [3.63, 3.8) is 0 Å². The van der Waals surface area contributed by atoms with Gasteiger partial charge in [-0.15, -0.1) is 0 Å². The molecule has 1 aromatic rings. The molecule has 0 fully saturated rings. The summed E-state index contributed by atoms with van der Waals surface area (Å²) in [5.74, 6) is 0.526. The van der Waals surface area contributed by atoms with Gasteiger partial charge in [0.25, 0.3) is 0 Å². The van der Waals surface area contributed by atoms with Gasteiger partial charge in [-0.05, 0) is 13.2 Å². The van der Waals surface area contributed by atoms with Gasteiger partial charge in [-0.25, -0.2) is 9.97 Å². The predicted molar refractivity (Wildman–Crippen MR) is 65.0 cm³/mol. The van der Waals surface area contributed by atoms with Gasteiger partial charge in [0.15, 0.2) is 5.16 Å². The number of halogens is 1. The van der Waals surface area contributed by atoms with Crippen molar-refractivity contribution in [1.82, 2.24) is 9.97 Å². The maximum Gasteiger partial charge on any atom is 0.190 e. The number of nitrogens with one attached hydrogen (secondary N) is 1. The van der Waals surface area contributed by atoms with Gasteiger partial charge < -0.3 is 15.5 Å². The lowest BCUT2D eigenvalue weighted by Gasteiger charge is -2.20. The molecule has 0 aliphatic heterocycles. The van der Waals surface area contributed by atoms with Gasteiger partial charge in [0.1, 0.15) is 16.6 Å². The topological polar surface area (TPSA) is 78.3 Å². The van der Waals surface area contributed by atoms with Crippen LogP contribution in [-0.4, -0.2) is 45.2 Å². The lowest BCUT2D eigenvalue weighted by molar-refractivity contribution is 0.0131. The number of rotatable bonds is 5. The Morgan fingerprint density at radius 1 is 1.56 bits per heavy atom. The molecule has 1 unspecified atom stereocenters. The summed E-state index contributed by atoms with van der Waals surface area (Å²) in [4.78, 5) is 8.14. The standard InChI is InChI=1S/C9H14ClN3O2S/c1-9(15,5-14)4-11-7-3-6(10)12-8(13-7)16-2/h3,14-15H,4-5H2,1-2H3,(H,11,12,13). The Bertz CT molecular complexity index is 363. The van der Waals surface area contributed by atoms with Gasteiger partial charge >= 0.3 is 0 Å². The number of aliphatic hydroxyl groups is 2. The molecular formula is C9H14ClN3O2S. The molecule has 90 valence electrons. The average molecular weight is 264 g/mol. The van der Waals surface area contributed by atoms with E-state index in [1.807, 2.05) is 6.26 Å². The summed E-state index contributed by atoms with van der Waals surface area (Å²) >= 11 is 7.17. The zero-order valence-corrected chi connectivity index (χ0v) is 10.6. The first-order chi connectivity index (χ1) is 7.46. The van der Waals surface area contributed by atoms with Gasteiger partial charge in [-0.2, -0.15) is 0 Å². The summed E-state index contributed by atoms with van der Waals surface area (Å²) in [6.45, 7) is 1.39. The number of anilines is 1. The quantitative estimate of drug-likeness (QED) is 0.418. The Morgan fingerprint density at radius 3 is 2.81 bits per heavy atom. The smallest absolute Gasteiger partial charge is 0.190 e. The molecule has 0 aliphatic carbocycles. The number of thioether (sulfide) groups is 1. The van der Waals surface area contributed by atoms with Crippen LogP contribution in [0.5, 0.6) is 0 Å². The maximum absolute atomic E-state index is 9.59. The van der Waals surface area contributed by atoms with Crippen LogP contribution in [-0.2, 0) is 0 Å². The molecule has 0 aliphatic rings.